The van der Waals surface area contributed by atoms with Crippen LogP contribution in [0.1, 0.15) is 18.3 Å². The molecule has 0 saturated carbocycles. The molecule has 0 bridgehead atoms. The molecule has 2 rings (SSSR count). The number of benzene rings is 1. The predicted octanol–water partition coefficient (Wildman–Crippen LogP) is 2.62. The van der Waals surface area contributed by atoms with Gasteiger partial charge in [0.25, 0.3) is 0 Å². The molecule has 4 nitrogen and oxygen atoms in total. The second-order valence-electron chi connectivity index (χ2n) is 3.79. The lowest BCUT2D eigenvalue weighted by Gasteiger charge is -2.06. The Hall–Kier alpha value is -1.62. The first-order chi connectivity index (χ1) is 8.20. The number of nitrogens with one attached hydrogen (secondary N) is 1. The summed E-state index contributed by atoms with van der Waals surface area (Å²) in [7, 11) is 1.87. The fourth-order valence-corrected chi connectivity index (χ4v) is 1.66. The van der Waals surface area contributed by atoms with Gasteiger partial charge in [-0.3, -0.25) is 5.10 Å². The van der Waals surface area contributed by atoms with Crippen molar-refractivity contribution in [1.82, 2.24) is 14.8 Å². The van der Waals surface area contributed by atoms with E-state index in [2.05, 4.69) is 23.2 Å². The van der Waals surface area contributed by atoms with E-state index >= 15 is 0 Å². The van der Waals surface area contributed by atoms with Crippen LogP contribution in [0.3, 0.4) is 0 Å². The van der Waals surface area contributed by atoms with Crippen LogP contribution < -0.4 is 4.74 Å². The largest absolute Gasteiger partial charge is 0.486 e. The summed E-state index contributed by atoms with van der Waals surface area (Å²) in [5.41, 5.74) is 1.26. The molecular weight excluding hydrogens is 234 g/mol. The Labute approximate surface area is 105 Å². The standard InChI is InChI=1S/C12H15N3OS/c1-3-9-5-4-6-10(7-9)16-8-11-13-14-12(17)15(11)2/h4-7H,3,8H2,1-2H3,(H,14,17). The lowest BCUT2D eigenvalue weighted by atomic mass is 10.2. The summed E-state index contributed by atoms with van der Waals surface area (Å²) < 4.78 is 8.09. The number of ether oxygens (including phenoxy) is 1. The maximum atomic E-state index is 5.68. The van der Waals surface area contributed by atoms with E-state index < -0.39 is 0 Å². The van der Waals surface area contributed by atoms with Crippen LogP contribution in [-0.2, 0) is 20.1 Å². The monoisotopic (exact) mass is 249 g/mol. The molecule has 0 radical (unpaired) electrons. The average molecular weight is 249 g/mol. The van der Waals surface area contributed by atoms with Crippen molar-refractivity contribution < 1.29 is 4.74 Å². The number of H-pyrrole nitrogens is 1. The van der Waals surface area contributed by atoms with Gasteiger partial charge in [0.1, 0.15) is 12.4 Å². The molecule has 17 heavy (non-hydrogen) atoms. The number of rotatable bonds is 4. The lowest BCUT2D eigenvalue weighted by molar-refractivity contribution is 0.291. The van der Waals surface area contributed by atoms with Crippen molar-refractivity contribution in [3.8, 4) is 5.75 Å². The quantitative estimate of drug-likeness (QED) is 0.847. The van der Waals surface area contributed by atoms with Gasteiger partial charge in [-0.1, -0.05) is 19.1 Å². The zero-order chi connectivity index (χ0) is 12.3. The van der Waals surface area contributed by atoms with Crippen molar-refractivity contribution in [1.29, 1.82) is 0 Å². The van der Waals surface area contributed by atoms with Gasteiger partial charge < -0.3 is 9.30 Å². The van der Waals surface area contributed by atoms with Crippen LogP contribution in [0, 0.1) is 4.77 Å². The third-order valence-corrected chi connectivity index (χ3v) is 3.01. The molecule has 0 amide bonds. The topological polar surface area (TPSA) is 42.8 Å². The Morgan fingerprint density at radius 1 is 1.47 bits per heavy atom. The molecular formula is C12H15N3OS. The van der Waals surface area contributed by atoms with Gasteiger partial charge in [0.15, 0.2) is 10.6 Å². The van der Waals surface area contributed by atoms with E-state index in [0.29, 0.717) is 11.4 Å². The highest BCUT2D eigenvalue weighted by atomic mass is 32.1. The molecule has 1 N–H and O–H groups in total. The van der Waals surface area contributed by atoms with Crippen LogP contribution in [0.25, 0.3) is 0 Å². The molecule has 0 spiro atoms. The number of hydrogen-bond acceptors (Lipinski definition) is 3. The number of hydrogen-bond donors (Lipinski definition) is 1. The second kappa shape index (κ2) is 5.14. The van der Waals surface area contributed by atoms with Crippen LogP contribution in [-0.4, -0.2) is 14.8 Å². The molecule has 90 valence electrons. The minimum atomic E-state index is 0.413. The summed E-state index contributed by atoms with van der Waals surface area (Å²) in [4.78, 5) is 0. The molecule has 5 heteroatoms. The van der Waals surface area contributed by atoms with Crippen molar-refractivity contribution in [2.45, 2.75) is 20.0 Å². The van der Waals surface area contributed by atoms with Crippen LogP contribution in [0.5, 0.6) is 5.75 Å². The second-order valence-corrected chi connectivity index (χ2v) is 4.18. The highest BCUT2D eigenvalue weighted by molar-refractivity contribution is 7.71. The van der Waals surface area contributed by atoms with E-state index in [-0.39, 0.29) is 0 Å². The molecule has 0 unspecified atom stereocenters. The zero-order valence-corrected chi connectivity index (χ0v) is 10.8. The minimum Gasteiger partial charge on any atom is -0.486 e. The van der Waals surface area contributed by atoms with Crippen LogP contribution >= 0.6 is 12.2 Å². The molecule has 0 aliphatic heterocycles. The number of aromatic nitrogens is 3. The minimum absolute atomic E-state index is 0.413. The van der Waals surface area contributed by atoms with Crippen molar-refractivity contribution in [2.75, 3.05) is 0 Å². The number of aryl methyl sites for hydroxylation is 1. The van der Waals surface area contributed by atoms with Gasteiger partial charge >= 0.3 is 0 Å². The highest BCUT2D eigenvalue weighted by Gasteiger charge is 2.03. The summed E-state index contributed by atoms with van der Waals surface area (Å²) in [5.74, 6) is 1.65. The molecule has 0 aliphatic rings. The molecule has 0 fully saturated rings. The van der Waals surface area contributed by atoms with E-state index in [9.17, 15) is 0 Å². The summed E-state index contributed by atoms with van der Waals surface area (Å²) >= 11 is 5.03. The molecule has 0 saturated heterocycles. The molecule has 0 aliphatic carbocycles. The lowest BCUT2D eigenvalue weighted by Crippen LogP contribution is -2.03. The van der Waals surface area contributed by atoms with Gasteiger partial charge in [-0.25, -0.2) is 0 Å². The van der Waals surface area contributed by atoms with Gasteiger partial charge in [0.2, 0.25) is 0 Å². The van der Waals surface area contributed by atoms with Gasteiger partial charge in [-0.15, -0.1) is 0 Å². The molecule has 1 aromatic heterocycles. The molecule has 1 heterocycles. The van der Waals surface area contributed by atoms with E-state index in [4.69, 9.17) is 17.0 Å². The Morgan fingerprint density at radius 3 is 2.94 bits per heavy atom. The van der Waals surface area contributed by atoms with E-state index in [1.54, 1.807) is 4.57 Å². The zero-order valence-electron chi connectivity index (χ0n) is 9.93. The summed E-state index contributed by atoms with van der Waals surface area (Å²) in [5, 5.41) is 6.83. The van der Waals surface area contributed by atoms with Gasteiger partial charge in [0.05, 0.1) is 0 Å². The first kappa shape index (κ1) is 11.9. The predicted molar refractivity (Wildman–Crippen MR) is 68.5 cm³/mol. The number of aromatic amines is 1. The first-order valence-corrected chi connectivity index (χ1v) is 5.93. The van der Waals surface area contributed by atoms with Gasteiger partial charge in [-0.2, -0.15) is 5.10 Å². The Morgan fingerprint density at radius 2 is 2.29 bits per heavy atom. The van der Waals surface area contributed by atoms with Gasteiger partial charge in [0, 0.05) is 7.05 Å². The molecule has 1 aromatic carbocycles. The molecule has 0 atom stereocenters. The summed E-state index contributed by atoms with van der Waals surface area (Å²) in [6.45, 7) is 2.53. The van der Waals surface area contributed by atoms with Crippen molar-refractivity contribution in [2.24, 2.45) is 7.05 Å². The third-order valence-electron chi connectivity index (χ3n) is 2.65. The van der Waals surface area contributed by atoms with Crippen LogP contribution in [0.15, 0.2) is 24.3 Å². The maximum Gasteiger partial charge on any atom is 0.194 e. The fraction of sp³-hybridized carbons (Fsp3) is 0.333. The molecule has 2 aromatic rings. The van der Waals surface area contributed by atoms with E-state index in [0.717, 1.165) is 18.0 Å². The normalized spacial score (nSPS) is 10.5. The first-order valence-electron chi connectivity index (χ1n) is 5.52. The Bertz CT molecular complexity index is 559. The fourth-order valence-electron chi connectivity index (χ4n) is 1.51. The van der Waals surface area contributed by atoms with Gasteiger partial charge in [-0.05, 0) is 36.3 Å². The highest BCUT2D eigenvalue weighted by Crippen LogP contribution is 2.14. The maximum absolute atomic E-state index is 5.68. The van der Waals surface area contributed by atoms with Crippen LogP contribution in [0.2, 0.25) is 0 Å². The van der Waals surface area contributed by atoms with Crippen molar-refractivity contribution in [3.63, 3.8) is 0 Å². The van der Waals surface area contributed by atoms with E-state index in [1.165, 1.54) is 5.56 Å². The average Bonchev–Trinajstić information content (AvgIpc) is 2.68. The Balaban J connectivity index is 2.07. The Kier molecular flexibility index (Phi) is 3.58. The third kappa shape index (κ3) is 2.74. The summed E-state index contributed by atoms with van der Waals surface area (Å²) in [6.07, 6.45) is 1.00. The van der Waals surface area contributed by atoms with Crippen molar-refractivity contribution in [3.05, 3.63) is 40.4 Å². The summed E-state index contributed by atoms with van der Waals surface area (Å²) in [6, 6.07) is 8.07. The smallest absolute Gasteiger partial charge is 0.194 e. The van der Waals surface area contributed by atoms with Crippen molar-refractivity contribution >= 4 is 12.2 Å². The SMILES string of the molecule is CCc1cccc(OCc2n[nH]c(=S)n2C)c1. The number of nitrogens with zero attached hydrogens (tertiary/aromatic N) is 2. The van der Waals surface area contributed by atoms with E-state index in [1.807, 2.05) is 25.2 Å². The van der Waals surface area contributed by atoms with Crippen LogP contribution in [0.4, 0.5) is 0 Å².